The van der Waals surface area contributed by atoms with E-state index >= 15 is 0 Å². The van der Waals surface area contributed by atoms with Crippen molar-refractivity contribution in [3.63, 3.8) is 0 Å². The SMILES string of the molecule is C=C/C=c1/c(C2CC(O)C2)c(C(/C=C\C)=C/C=C)[nH]/c1=C/C.CC.CC. The highest BCUT2D eigenvalue weighted by molar-refractivity contribution is 5.76. The van der Waals surface area contributed by atoms with E-state index in [1.807, 2.05) is 65.8 Å². The van der Waals surface area contributed by atoms with Crippen LogP contribution in [0.25, 0.3) is 17.7 Å². The highest BCUT2D eigenvalue weighted by Gasteiger charge is 2.32. The fraction of sp³-hybridized carbons (Fsp3) is 0.417. The number of rotatable bonds is 5. The summed E-state index contributed by atoms with van der Waals surface area (Å²) >= 11 is 0. The summed E-state index contributed by atoms with van der Waals surface area (Å²) < 4.78 is 0. The van der Waals surface area contributed by atoms with E-state index in [2.05, 4.69) is 36.4 Å². The van der Waals surface area contributed by atoms with Gasteiger partial charge in [0.05, 0.1) is 6.10 Å². The van der Waals surface area contributed by atoms with Gasteiger partial charge in [-0.25, -0.2) is 0 Å². The van der Waals surface area contributed by atoms with Crippen LogP contribution in [0.4, 0.5) is 0 Å². The van der Waals surface area contributed by atoms with Gasteiger partial charge in [0.15, 0.2) is 0 Å². The van der Waals surface area contributed by atoms with Crippen LogP contribution < -0.4 is 10.6 Å². The van der Waals surface area contributed by atoms with Crippen LogP contribution in [-0.4, -0.2) is 16.2 Å². The Morgan fingerprint density at radius 3 is 2.12 bits per heavy atom. The van der Waals surface area contributed by atoms with Crippen molar-refractivity contribution in [3.05, 3.63) is 65.4 Å². The van der Waals surface area contributed by atoms with E-state index in [1.165, 1.54) is 10.8 Å². The lowest BCUT2D eigenvalue weighted by molar-refractivity contribution is 0.0743. The van der Waals surface area contributed by atoms with Crippen LogP contribution in [-0.2, 0) is 0 Å². The summed E-state index contributed by atoms with van der Waals surface area (Å²) in [5.41, 5.74) is 3.52. The summed E-state index contributed by atoms with van der Waals surface area (Å²) in [4.78, 5) is 3.54. The van der Waals surface area contributed by atoms with E-state index in [1.54, 1.807) is 0 Å². The second-order valence-electron chi connectivity index (χ2n) is 5.61. The van der Waals surface area contributed by atoms with Gasteiger partial charge >= 0.3 is 0 Å². The molecule has 0 spiro atoms. The number of aromatic nitrogens is 1. The zero-order chi connectivity index (χ0) is 20.1. The van der Waals surface area contributed by atoms with Gasteiger partial charge in [0.2, 0.25) is 0 Å². The number of allylic oxidation sites excluding steroid dienone is 6. The predicted octanol–water partition coefficient (Wildman–Crippen LogP) is 5.22. The van der Waals surface area contributed by atoms with E-state index in [0.717, 1.165) is 29.5 Å². The van der Waals surface area contributed by atoms with Crippen molar-refractivity contribution >= 4 is 17.7 Å². The molecule has 0 amide bonds. The Bertz CT molecular complexity index is 725. The summed E-state index contributed by atoms with van der Waals surface area (Å²) in [6.45, 7) is 19.7. The highest BCUT2D eigenvalue weighted by Crippen LogP contribution is 2.38. The van der Waals surface area contributed by atoms with Crippen molar-refractivity contribution in [1.29, 1.82) is 0 Å². The van der Waals surface area contributed by atoms with Crippen LogP contribution in [0.1, 0.15) is 71.6 Å². The first-order valence-corrected chi connectivity index (χ1v) is 9.81. The molecule has 2 rings (SSSR count). The van der Waals surface area contributed by atoms with E-state index in [4.69, 9.17) is 0 Å². The first kappa shape index (κ1) is 23.9. The highest BCUT2D eigenvalue weighted by atomic mass is 16.3. The standard InChI is InChI=1S/C20H25NO.2C2H6/c1-5-9-14(10-6-2)20-19(15-12-16(22)13-15)17(11-7-3)18(8-4)21-20;2*1-2/h5-11,15-16,21-22H,1,3,12-13H2,2,4H3;2*1-2H3/b10-6-,14-9+,17-11+,18-8+;;. The molecule has 1 saturated carbocycles. The third-order valence-electron chi connectivity index (χ3n) is 4.14. The monoisotopic (exact) mass is 355 g/mol. The van der Waals surface area contributed by atoms with Crippen LogP contribution in [0.5, 0.6) is 0 Å². The minimum absolute atomic E-state index is 0.174. The third kappa shape index (κ3) is 5.74. The first-order valence-electron chi connectivity index (χ1n) is 9.81. The summed E-state index contributed by atoms with van der Waals surface area (Å²) in [5, 5.41) is 12.0. The maximum atomic E-state index is 9.71. The molecule has 1 aliphatic carbocycles. The van der Waals surface area contributed by atoms with Crippen LogP contribution >= 0.6 is 0 Å². The van der Waals surface area contributed by atoms with Crippen molar-refractivity contribution in [2.45, 2.75) is 66.4 Å². The molecule has 0 saturated heterocycles. The molecule has 0 aromatic carbocycles. The van der Waals surface area contributed by atoms with Crippen LogP contribution in [0.15, 0.2) is 43.5 Å². The third-order valence-corrected chi connectivity index (χ3v) is 4.14. The Hall–Kier alpha value is -2.06. The average Bonchev–Trinajstić information content (AvgIpc) is 3.00. The first-order chi connectivity index (χ1) is 12.7. The van der Waals surface area contributed by atoms with Crippen LogP contribution in [0, 0.1) is 0 Å². The molecule has 2 nitrogen and oxygen atoms in total. The number of hydrogen-bond donors (Lipinski definition) is 2. The zero-order valence-corrected chi connectivity index (χ0v) is 17.5. The molecule has 1 heterocycles. The number of aromatic amines is 1. The van der Waals surface area contributed by atoms with Crippen LogP contribution in [0.3, 0.4) is 0 Å². The number of H-pyrrole nitrogens is 1. The molecule has 1 fully saturated rings. The predicted molar refractivity (Wildman–Crippen MR) is 119 cm³/mol. The Labute approximate surface area is 160 Å². The van der Waals surface area contributed by atoms with Gasteiger partial charge in [0, 0.05) is 16.3 Å². The van der Waals surface area contributed by atoms with Crippen LogP contribution in [0.2, 0.25) is 0 Å². The smallest absolute Gasteiger partial charge is 0.0552 e. The minimum Gasteiger partial charge on any atom is -0.393 e. The summed E-state index contributed by atoms with van der Waals surface area (Å²) in [6, 6.07) is 0. The van der Waals surface area contributed by atoms with Gasteiger partial charge in [-0.1, -0.05) is 83.4 Å². The molecular weight excluding hydrogens is 318 g/mol. The molecule has 2 heteroatoms. The maximum Gasteiger partial charge on any atom is 0.0552 e. The largest absolute Gasteiger partial charge is 0.393 e. The Kier molecular flexibility index (Phi) is 12.1. The Morgan fingerprint density at radius 1 is 1.08 bits per heavy atom. The lowest BCUT2D eigenvalue weighted by atomic mass is 9.76. The van der Waals surface area contributed by atoms with Gasteiger partial charge in [0.1, 0.15) is 0 Å². The van der Waals surface area contributed by atoms with Gasteiger partial charge in [-0.2, -0.15) is 0 Å². The zero-order valence-electron chi connectivity index (χ0n) is 17.5. The number of aliphatic hydroxyl groups excluding tert-OH is 1. The fourth-order valence-corrected chi connectivity index (χ4v) is 3.08. The van der Waals surface area contributed by atoms with Gasteiger partial charge < -0.3 is 10.1 Å². The van der Waals surface area contributed by atoms with Crippen molar-refractivity contribution in [1.82, 2.24) is 4.98 Å². The van der Waals surface area contributed by atoms with Gasteiger partial charge in [-0.05, 0) is 43.7 Å². The molecule has 1 aliphatic rings. The topological polar surface area (TPSA) is 36.0 Å². The van der Waals surface area contributed by atoms with Crippen molar-refractivity contribution in [3.8, 4) is 0 Å². The minimum atomic E-state index is -0.174. The maximum absolute atomic E-state index is 9.71. The van der Waals surface area contributed by atoms with Gasteiger partial charge in [-0.3, -0.25) is 0 Å². The number of aliphatic hydroxyl groups is 1. The fourth-order valence-electron chi connectivity index (χ4n) is 3.08. The molecule has 1 aromatic heterocycles. The van der Waals surface area contributed by atoms with E-state index in [9.17, 15) is 5.11 Å². The summed E-state index contributed by atoms with van der Waals surface area (Å²) in [7, 11) is 0. The molecule has 0 unspecified atom stereocenters. The average molecular weight is 356 g/mol. The van der Waals surface area contributed by atoms with E-state index in [-0.39, 0.29) is 6.10 Å². The second-order valence-corrected chi connectivity index (χ2v) is 5.61. The van der Waals surface area contributed by atoms with Gasteiger partial charge in [0.25, 0.3) is 0 Å². The molecule has 26 heavy (non-hydrogen) atoms. The molecule has 0 aliphatic heterocycles. The number of hydrogen-bond acceptors (Lipinski definition) is 1. The molecule has 0 bridgehead atoms. The Morgan fingerprint density at radius 2 is 1.69 bits per heavy atom. The molecule has 0 radical (unpaired) electrons. The molecule has 0 atom stereocenters. The molecule has 1 aromatic rings. The summed E-state index contributed by atoms with van der Waals surface area (Å²) in [5.74, 6) is 0.389. The Balaban J connectivity index is 0.00000146. The van der Waals surface area contributed by atoms with Crippen molar-refractivity contribution < 1.29 is 5.11 Å². The van der Waals surface area contributed by atoms with E-state index in [0.29, 0.717) is 5.92 Å². The normalized spacial score (nSPS) is 20.7. The van der Waals surface area contributed by atoms with Crippen molar-refractivity contribution in [2.75, 3.05) is 0 Å². The van der Waals surface area contributed by atoms with Gasteiger partial charge in [-0.15, -0.1) is 0 Å². The second kappa shape index (κ2) is 13.2. The lowest BCUT2D eigenvalue weighted by Crippen LogP contribution is -2.33. The molecular formula is C24H37NO. The molecule has 2 N–H and O–H groups in total. The quantitative estimate of drug-likeness (QED) is 0.698. The van der Waals surface area contributed by atoms with E-state index < -0.39 is 0 Å². The molecule has 144 valence electrons. The summed E-state index contributed by atoms with van der Waals surface area (Å²) in [6.07, 6.45) is 15.4. The number of nitrogens with one attached hydrogen (secondary N) is 1. The van der Waals surface area contributed by atoms with Crippen molar-refractivity contribution in [2.24, 2.45) is 0 Å². The lowest BCUT2D eigenvalue weighted by Gasteiger charge is -2.32.